The van der Waals surface area contributed by atoms with E-state index in [1.807, 2.05) is 6.20 Å². The molecule has 7 rings (SSSR count). The zero-order valence-corrected chi connectivity index (χ0v) is 19.9. The van der Waals surface area contributed by atoms with Crippen molar-refractivity contribution in [3.63, 3.8) is 0 Å². The number of nitrogens with one attached hydrogen (secondary N) is 2. The van der Waals surface area contributed by atoms with Crippen LogP contribution in [0.1, 0.15) is 24.3 Å². The van der Waals surface area contributed by atoms with Crippen LogP contribution in [0.2, 0.25) is 0 Å². The van der Waals surface area contributed by atoms with Crippen LogP contribution < -0.4 is 15.5 Å². The van der Waals surface area contributed by atoms with Gasteiger partial charge in [-0.25, -0.2) is 19.3 Å². The molecule has 0 radical (unpaired) electrons. The number of fused-ring (bicyclic) bond motifs is 2. The molecule has 2 aliphatic heterocycles. The SMILES string of the molecule is Fc1ccc(F)c(Nc2cc(-c3nc(N4CCOC5CNCC54)c4c(C5CC5)cncc4n3)ccn2)n1. The third kappa shape index (κ3) is 4.13. The third-order valence-corrected chi connectivity index (χ3v) is 7.18. The maximum Gasteiger partial charge on any atom is 0.214 e. The van der Waals surface area contributed by atoms with E-state index in [0.717, 1.165) is 61.3 Å². The molecule has 1 aliphatic carbocycles. The van der Waals surface area contributed by atoms with Crippen LogP contribution in [0.25, 0.3) is 22.3 Å². The summed E-state index contributed by atoms with van der Waals surface area (Å²) >= 11 is 0. The minimum atomic E-state index is -0.785. The number of aromatic nitrogens is 5. The smallest absolute Gasteiger partial charge is 0.214 e. The molecule has 37 heavy (non-hydrogen) atoms. The Bertz CT molecular complexity index is 1500. The number of hydrogen-bond donors (Lipinski definition) is 2. The maximum atomic E-state index is 14.2. The summed E-state index contributed by atoms with van der Waals surface area (Å²) in [5.41, 5.74) is 2.66. The standard InChI is InChI=1S/C26H24F2N8O/c27-17-3-4-21(28)33-25(17)34-22-9-15(5-6-31-22)24-32-18-11-29-10-16(14-1-2-14)23(18)26(35-24)36-7-8-37-20-13-30-12-19(20)36/h3-6,9-11,14,19-20,30H,1-2,7-8,12-13H2,(H,31,33,34). The second-order valence-electron chi connectivity index (χ2n) is 9.62. The molecule has 4 aromatic heterocycles. The lowest BCUT2D eigenvalue weighted by molar-refractivity contribution is 0.0348. The van der Waals surface area contributed by atoms with Gasteiger partial charge >= 0.3 is 0 Å². The summed E-state index contributed by atoms with van der Waals surface area (Å²) in [6.45, 7) is 3.00. The van der Waals surface area contributed by atoms with Gasteiger partial charge in [0.2, 0.25) is 5.95 Å². The molecule has 9 nitrogen and oxygen atoms in total. The zero-order valence-electron chi connectivity index (χ0n) is 19.9. The van der Waals surface area contributed by atoms with E-state index in [4.69, 9.17) is 14.7 Å². The van der Waals surface area contributed by atoms with Crippen molar-refractivity contribution in [2.45, 2.75) is 30.9 Å². The van der Waals surface area contributed by atoms with Gasteiger partial charge in [0.1, 0.15) is 11.6 Å². The predicted octanol–water partition coefficient (Wildman–Crippen LogP) is 3.56. The Labute approximate surface area is 211 Å². The number of nitrogens with zero attached hydrogens (tertiary/aromatic N) is 6. The highest BCUT2D eigenvalue weighted by molar-refractivity contribution is 5.94. The van der Waals surface area contributed by atoms with Gasteiger partial charge in [0.15, 0.2) is 17.5 Å². The molecule has 0 amide bonds. The van der Waals surface area contributed by atoms with Crippen molar-refractivity contribution in [1.29, 1.82) is 0 Å². The molecule has 11 heteroatoms. The number of ether oxygens (including phenoxy) is 1. The number of halogens is 2. The van der Waals surface area contributed by atoms with E-state index < -0.39 is 11.8 Å². The van der Waals surface area contributed by atoms with Crippen LogP contribution in [0.4, 0.5) is 26.2 Å². The molecule has 188 valence electrons. The minimum Gasteiger partial charge on any atom is -0.373 e. The van der Waals surface area contributed by atoms with Crippen molar-refractivity contribution in [3.05, 3.63) is 60.2 Å². The first-order valence-corrected chi connectivity index (χ1v) is 12.4. The number of pyridine rings is 3. The van der Waals surface area contributed by atoms with Crippen LogP contribution in [0.3, 0.4) is 0 Å². The van der Waals surface area contributed by atoms with Crippen molar-refractivity contribution >= 4 is 28.4 Å². The molecule has 0 bridgehead atoms. The Balaban J connectivity index is 1.34. The van der Waals surface area contributed by atoms with E-state index in [1.165, 1.54) is 5.56 Å². The topological polar surface area (TPSA) is 101 Å². The normalized spacial score (nSPS) is 21.3. The van der Waals surface area contributed by atoms with Gasteiger partial charge in [0.25, 0.3) is 0 Å². The summed E-state index contributed by atoms with van der Waals surface area (Å²) in [5, 5.41) is 7.25. The summed E-state index contributed by atoms with van der Waals surface area (Å²) in [6, 6.07) is 5.66. The Morgan fingerprint density at radius 3 is 2.86 bits per heavy atom. The average Bonchev–Trinajstić information content (AvgIpc) is 3.65. The summed E-state index contributed by atoms with van der Waals surface area (Å²) in [5.74, 6) is 0.468. The van der Waals surface area contributed by atoms with Gasteiger partial charge in [-0.1, -0.05) is 0 Å². The van der Waals surface area contributed by atoms with Gasteiger partial charge in [-0.15, -0.1) is 0 Å². The average molecular weight is 503 g/mol. The summed E-state index contributed by atoms with van der Waals surface area (Å²) in [7, 11) is 0. The van der Waals surface area contributed by atoms with Crippen molar-refractivity contribution in [2.75, 3.05) is 36.5 Å². The van der Waals surface area contributed by atoms with E-state index in [0.29, 0.717) is 29.7 Å². The quantitative estimate of drug-likeness (QED) is 0.397. The van der Waals surface area contributed by atoms with E-state index in [9.17, 15) is 8.78 Å². The molecular formula is C26H24F2N8O. The molecule has 2 saturated heterocycles. The first-order valence-electron chi connectivity index (χ1n) is 12.4. The Morgan fingerprint density at radius 2 is 1.97 bits per heavy atom. The monoisotopic (exact) mass is 502 g/mol. The lowest BCUT2D eigenvalue weighted by Crippen LogP contribution is -2.51. The molecule has 2 atom stereocenters. The second kappa shape index (κ2) is 8.93. The van der Waals surface area contributed by atoms with Crippen molar-refractivity contribution in [3.8, 4) is 11.4 Å². The van der Waals surface area contributed by atoms with Gasteiger partial charge in [-0.2, -0.15) is 9.37 Å². The fraction of sp³-hybridized carbons (Fsp3) is 0.346. The summed E-state index contributed by atoms with van der Waals surface area (Å²) in [6.07, 6.45) is 7.70. The molecule has 6 heterocycles. The number of rotatable bonds is 5. The van der Waals surface area contributed by atoms with Crippen molar-refractivity contribution in [2.24, 2.45) is 0 Å². The lowest BCUT2D eigenvalue weighted by atomic mass is 10.0. The highest BCUT2D eigenvalue weighted by atomic mass is 19.1. The van der Waals surface area contributed by atoms with Crippen LogP contribution in [-0.4, -0.2) is 63.3 Å². The molecule has 0 aromatic carbocycles. The number of anilines is 3. The van der Waals surface area contributed by atoms with Crippen LogP contribution >= 0.6 is 0 Å². The molecule has 1 saturated carbocycles. The van der Waals surface area contributed by atoms with Gasteiger partial charge in [0, 0.05) is 43.0 Å². The molecule has 0 spiro atoms. The van der Waals surface area contributed by atoms with E-state index in [-0.39, 0.29) is 18.0 Å². The van der Waals surface area contributed by atoms with Crippen LogP contribution in [-0.2, 0) is 4.74 Å². The zero-order chi connectivity index (χ0) is 24.9. The maximum absolute atomic E-state index is 14.2. The molecule has 3 fully saturated rings. The molecule has 2 unspecified atom stereocenters. The fourth-order valence-corrected chi connectivity index (χ4v) is 5.25. The van der Waals surface area contributed by atoms with E-state index in [2.05, 4.69) is 30.5 Å². The summed E-state index contributed by atoms with van der Waals surface area (Å²) in [4.78, 5) is 24.7. The largest absolute Gasteiger partial charge is 0.373 e. The second-order valence-corrected chi connectivity index (χ2v) is 9.62. The van der Waals surface area contributed by atoms with Crippen LogP contribution in [0.15, 0.2) is 42.9 Å². The number of morpholine rings is 1. The Morgan fingerprint density at radius 1 is 1.05 bits per heavy atom. The third-order valence-electron chi connectivity index (χ3n) is 7.18. The van der Waals surface area contributed by atoms with Gasteiger partial charge in [-0.3, -0.25) is 4.98 Å². The Hall–Kier alpha value is -3.83. The minimum absolute atomic E-state index is 0.110. The Kier molecular flexibility index (Phi) is 5.40. The van der Waals surface area contributed by atoms with Crippen LogP contribution in [0.5, 0.6) is 0 Å². The fourth-order valence-electron chi connectivity index (χ4n) is 5.25. The molecule has 2 N–H and O–H groups in total. The number of hydrogen-bond acceptors (Lipinski definition) is 9. The predicted molar refractivity (Wildman–Crippen MR) is 134 cm³/mol. The first kappa shape index (κ1) is 22.4. The first-order chi connectivity index (χ1) is 18.1. The van der Waals surface area contributed by atoms with E-state index >= 15 is 0 Å². The van der Waals surface area contributed by atoms with Gasteiger partial charge in [-0.05, 0) is 48.6 Å². The van der Waals surface area contributed by atoms with Gasteiger partial charge in [0.05, 0.1) is 30.5 Å². The molecule has 3 aliphatic rings. The van der Waals surface area contributed by atoms with Crippen LogP contribution in [0, 0.1) is 11.8 Å². The van der Waals surface area contributed by atoms with E-state index in [1.54, 1.807) is 24.5 Å². The van der Waals surface area contributed by atoms with Crippen molar-refractivity contribution in [1.82, 2.24) is 30.2 Å². The summed E-state index contributed by atoms with van der Waals surface area (Å²) < 4.78 is 33.7. The lowest BCUT2D eigenvalue weighted by Gasteiger charge is -2.38. The van der Waals surface area contributed by atoms with Gasteiger partial charge < -0.3 is 20.3 Å². The van der Waals surface area contributed by atoms with Crippen molar-refractivity contribution < 1.29 is 13.5 Å². The highest BCUT2D eigenvalue weighted by Crippen LogP contribution is 2.45. The molecule has 4 aromatic rings. The highest BCUT2D eigenvalue weighted by Gasteiger charge is 2.38. The molecular weight excluding hydrogens is 478 g/mol.